The standard InChI is InChI=1S/C19H19NO3/c1-2-11-22-19(21)18-17(13-23-20-18)16-10-6-9-15(12-16)14-7-4-3-5-8-14/h3-10,12,17H,2,11,13H2,1H3. The molecular weight excluding hydrogens is 290 g/mol. The zero-order valence-electron chi connectivity index (χ0n) is 13.1. The topological polar surface area (TPSA) is 47.9 Å². The number of carbonyl (C=O) groups excluding carboxylic acids is 1. The van der Waals surface area contributed by atoms with E-state index >= 15 is 0 Å². The van der Waals surface area contributed by atoms with Gasteiger partial charge >= 0.3 is 5.97 Å². The van der Waals surface area contributed by atoms with Gasteiger partial charge in [0.25, 0.3) is 0 Å². The van der Waals surface area contributed by atoms with Gasteiger partial charge in [-0.15, -0.1) is 0 Å². The predicted octanol–water partition coefficient (Wildman–Crippen LogP) is 3.78. The van der Waals surface area contributed by atoms with Crippen molar-refractivity contribution in [2.75, 3.05) is 13.2 Å². The molecule has 0 amide bonds. The zero-order valence-corrected chi connectivity index (χ0v) is 13.1. The van der Waals surface area contributed by atoms with Crippen LogP contribution in [0.5, 0.6) is 0 Å². The average molecular weight is 309 g/mol. The van der Waals surface area contributed by atoms with Crippen LogP contribution in [0, 0.1) is 0 Å². The minimum absolute atomic E-state index is 0.178. The van der Waals surface area contributed by atoms with Gasteiger partial charge < -0.3 is 9.57 Å². The molecule has 4 heteroatoms. The van der Waals surface area contributed by atoms with E-state index < -0.39 is 0 Å². The molecule has 0 spiro atoms. The second-order valence-corrected chi connectivity index (χ2v) is 5.45. The highest BCUT2D eigenvalue weighted by Crippen LogP contribution is 2.28. The quantitative estimate of drug-likeness (QED) is 0.790. The van der Waals surface area contributed by atoms with Crippen molar-refractivity contribution in [3.8, 4) is 11.1 Å². The fourth-order valence-corrected chi connectivity index (χ4v) is 2.59. The molecule has 1 unspecified atom stereocenters. The summed E-state index contributed by atoms with van der Waals surface area (Å²) in [6.45, 7) is 2.73. The van der Waals surface area contributed by atoms with Crippen LogP contribution in [0.3, 0.4) is 0 Å². The maximum absolute atomic E-state index is 12.1. The average Bonchev–Trinajstić information content (AvgIpc) is 3.10. The van der Waals surface area contributed by atoms with E-state index in [1.165, 1.54) is 0 Å². The molecular formula is C19H19NO3. The van der Waals surface area contributed by atoms with Crippen molar-refractivity contribution >= 4 is 11.7 Å². The van der Waals surface area contributed by atoms with Gasteiger partial charge in [0, 0.05) is 0 Å². The van der Waals surface area contributed by atoms with Crippen LogP contribution in [0.4, 0.5) is 0 Å². The molecule has 0 radical (unpaired) electrons. The normalized spacial score (nSPS) is 16.6. The van der Waals surface area contributed by atoms with Crippen molar-refractivity contribution in [1.82, 2.24) is 0 Å². The lowest BCUT2D eigenvalue weighted by molar-refractivity contribution is -0.135. The third kappa shape index (κ3) is 3.42. The highest BCUT2D eigenvalue weighted by atomic mass is 16.6. The summed E-state index contributed by atoms with van der Waals surface area (Å²) in [5.41, 5.74) is 3.61. The minimum atomic E-state index is -0.389. The second-order valence-electron chi connectivity index (χ2n) is 5.45. The van der Waals surface area contributed by atoms with Crippen molar-refractivity contribution in [3.63, 3.8) is 0 Å². The highest BCUT2D eigenvalue weighted by molar-refractivity contribution is 6.38. The molecule has 2 aromatic carbocycles. The molecule has 0 aromatic heterocycles. The molecule has 1 aliphatic heterocycles. The van der Waals surface area contributed by atoms with Crippen LogP contribution in [-0.2, 0) is 14.4 Å². The van der Waals surface area contributed by atoms with Gasteiger partial charge in [0.05, 0.1) is 12.5 Å². The lowest BCUT2D eigenvalue weighted by Crippen LogP contribution is -2.23. The first-order valence-electron chi connectivity index (χ1n) is 7.82. The largest absolute Gasteiger partial charge is 0.461 e. The van der Waals surface area contributed by atoms with E-state index in [4.69, 9.17) is 9.57 Å². The van der Waals surface area contributed by atoms with Gasteiger partial charge in [0.1, 0.15) is 6.61 Å². The fraction of sp³-hybridized carbons (Fsp3) is 0.263. The van der Waals surface area contributed by atoms with E-state index in [1.54, 1.807) is 0 Å². The molecule has 0 bridgehead atoms. The van der Waals surface area contributed by atoms with Crippen LogP contribution < -0.4 is 0 Å². The first kappa shape index (κ1) is 15.3. The Hall–Kier alpha value is -2.62. The molecule has 1 aliphatic rings. The Morgan fingerprint density at radius 3 is 2.74 bits per heavy atom. The molecule has 0 aliphatic carbocycles. The smallest absolute Gasteiger partial charge is 0.356 e. The van der Waals surface area contributed by atoms with Crippen molar-refractivity contribution < 1.29 is 14.4 Å². The maximum atomic E-state index is 12.1. The van der Waals surface area contributed by atoms with Gasteiger partial charge in [0.2, 0.25) is 0 Å². The number of benzene rings is 2. The summed E-state index contributed by atoms with van der Waals surface area (Å²) in [5.74, 6) is -0.567. The fourth-order valence-electron chi connectivity index (χ4n) is 2.59. The number of hydrogen-bond donors (Lipinski definition) is 0. The predicted molar refractivity (Wildman–Crippen MR) is 89.3 cm³/mol. The Morgan fingerprint density at radius 1 is 1.17 bits per heavy atom. The second kappa shape index (κ2) is 7.09. The Bertz CT molecular complexity index is 710. The Morgan fingerprint density at radius 2 is 1.96 bits per heavy atom. The molecule has 0 saturated carbocycles. The summed E-state index contributed by atoms with van der Waals surface area (Å²) in [4.78, 5) is 17.3. The summed E-state index contributed by atoms with van der Waals surface area (Å²) in [5, 5.41) is 3.89. The lowest BCUT2D eigenvalue weighted by atomic mass is 9.92. The van der Waals surface area contributed by atoms with E-state index in [9.17, 15) is 4.79 Å². The molecule has 0 saturated heterocycles. The molecule has 0 fully saturated rings. The molecule has 1 atom stereocenters. The van der Waals surface area contributed by atoms with Gasteiger partial charge in [-0.25, -0.2) is 4.79 Å². The molecule has 118 valence electrons. The van der Waals surface area contributed by atoms with Crippen LogP contribution in [0.2, 0.25) is 0 Å². The van der Waals surface area contributed by atoms with Gasteiger partial charge in [0.15, 0.2) is 5.71 Å². The first-order chi connectivity index (χ1) is 11.3. The van der Waals surface area contributed by atoms with Gasteiger partial charge in [-0.2, -0.15) is 0 Å². The monoisotopic (exact) mass is 309 g/mol. The highest BCUT2D eigenvalue weighted by Gasteiger charge is 2.32. The Labute approximate surface area is 135 Å². The maximum Gasteiger partial charge on any atom is 0.356 e. The number of rotatable bonds is 5. The van der Waals surface area contributed by atoms with Crippen LogP contribution >= 0.6 is 0 Å². The number of nitrogens with zero attached hydrogens (tertiary/aromatic N) is 1. The number of hydrogen-bond acceptors (Lipinski definition) is 4. The van der Waals surface area contributed by atoms with Crippen LogP contribution in [0.25, 0.3) is 11.1 Å². The molecule has 3 rings (SSSR count). The van der Waals surface area contributed by atoms with Gasteiger partial charge in [-0.1, -0.05) is 66.7 Å². The third-order valence-electron chi connectivity index (χ3n) is 3.78. The summed E-state index contributed by atoms with van der Waals surface area (Å²) < 4.78 is 5.19. The Kier molecular flexibility index (Phi) is 4.71. The van der Waals surface area contributed by atoms with E-state index in [-0.39, 0.29) is 11.9 Å². The number of carbonyl (C=O) groups is 1. The number of esters is 1. The zero-order chi connectivity index (χ0) is 16.1. The van der Waals surface area contributed by atoms with Crippen LogP contribution in [0.1, 0.15) is 24.8 Å². The SMILES string of the molecule is CCCOC(=O)C1=NOCC1c1cccc(-c2ccccc2)c1. The molecule has 4 nitrogen and oxygen atoms in total. The van der Waals surface area contributed by atoms with E-state index in [0.717, 1.165) is 23.1 Å². The van der Waals surface area contributed by atoms with Crippen LogP contribution in [0.15, 0.2) is 59.8 Å². The van der Waals surface area contributed by atoms with Gasteiger partial charge in [-0.3, -0.25) is 0 Å². The summed E-state index contributed by atoms with van der Waals surface area (Å²) in [6, 6.07) is 18.3. The van der Waals surface area contributed by atoms with Crippen molar-refractivity contribution in [2.45, 2.75) is 19.3 Å². The molecule has 0 N–H and O–H groups in total. The minimum Gasteiger partial charge on any atom is -0.461 e. The van der Waals surface area contributed by atoms with Gasteiger partial charge in [-0.05, 0) is 23.1 Å². The molecule has 23 heavy (non-hydrogen) atoms. The van der Waals surface area contributed by atoms with E-state index in [2.05, 4.69) is 29.4 Å². The summed E-state index contributed by atoms with van der Waals surface area (Å²) >= 11 is 0. The molecule has 1 heterocycles. The lowest BCUT2D eigenvalue weighted by Gasteiger charge is -2.12. The summed E-state index contributed by atoms with van der Waals surface area (Å²) in [6.07, 6.45) is 0.786. The molecule has 2 aromatic rings. The van der Waals surface area contributed by atoms with Crippen molar-refractivity contribution in [3.05, 3.63) is 60.2 Å². The van der Waals surface area contributed by atoms with E-state index in [0.29, 0.717) is 18.9 Å². The van der Waals surface area contributed by atoms with Crippen LogP contribution in [-0.4, -0.2) is 24.9 Å². The number of ether oxygens (including phenoxy) is 1. The summed E-state index contributed by atoms with van der Waals surface area (Å²) in [7, 11) is 0. The van der Waals surface area contributed by atoms with E-state index in [1.807, 2.05) is 37.3 Å². The number of oxime groups is 1. The third-order valence-corrected chi connectivity index (χ3v) is 3.78. The van der Waals surface area contributed by atoms with Crippen molar-refractivity contribution in [1.29, 1.82) is 0 Å². The first-order valence-corrected chi connectivity index (χ1v) is 7.82. The van der Waals surface area contributed by atoms with Crippen molar-refractivity contribution in [2.24, 2.45) is 5.16 Å². The Balaban J connectivity index is 1.84.